The highest BCUT2D eigenvalue weighted by Gasteiger charge is 2.29. The zero-order valence-electron chi connectivity index (χ0n) is 13.5. The maximum atomic E-state index is 10.0. The van der Waals surface area contributed by atoms with Gasteiger partial charge in [-0.2, -0.15) is 0 Å². The summed E-state index contributed by atoms with van der Waals surface area (Å²) in [5, 5.41) is 32.5. The number of hydrogen-bond donors (Lipinski definition) is 8. The molecule has 2 amide bonds. The summed E-state index contributed by atoms with van der Waals surface area (Å²) in [5.74, 6) is -4.39. The summed E-state index contributed by atoms with van der Waals surface area (Å²) in [6, 6.07) is -0.917. The van der Waals surface area contributed by atoms with Gasteiger partial charge in [0.25, 0.3) is 0 Å². The zero-order chi connectivity index (χ0) is 20.0. The number of aliphatic carboxylic acids is 2. The van der Waals surface area contributed by atoms with Crippen LogP contribution >= 0.6 is 0 Å². The van der Waals surface area contributed by atoms with Gasteiger partial charge in [-0.3, -0.25) is 9.59 Å². The van der Waals surface area contributed by atoms with E-state index in [0.717, 1.165) is 0 Å². The van der Waals surface area contributed by atoms with E-state index in [1.54, 1.807) is 0 Å². The zero-order valence-corrected chi connectivity index (χ0v) is 13.5. The lowest BCUT2D eigenvalue weighted by Gasteiger charge is -2.07. The minimum absolute atomic E-state index is 0.428. The molecule has 0 rings (SSSR count). The number of carbonyl (C=O) groups is 4. The second-order valence-corrected chi connectivity index (χ2v) is 4.40. The molecule has 0 aromatic carbocycles. The number of carboxylic acids is 2. The van der Waals surface area contributed by atoms with E-state index in [2.05, 4.69) is 0 Å². The fourth-order valence-electron chi connectivity index (χ4n) is 0.672. The Kier molecular flexibility index (Phi) is 15.9. The summed E-state index contributed by atoms with van der Waals surface area (Å²) in [6.07, 6.45) is -3.29. The summed E-state index contributed by atoms with van der Waals surface area (Å²) in [7, 11) is 0. The predicted molar refractivity (Wildman–Crippen MR) is 82.2 cm³/mol. The van der Waals surface area contributed by atoms with Crippen molar-refractivity contribution in [3.8, 4) is 0 Å². The SMILES string of the molecule is CCC(N)C(N)=O.CCC(N)C(N)=O.O=C(O)C(O)C(O)C(=O)O. The van der Waals surface area contributed by atoms with E-state index in [9.17, 15) is 19.2 Å². The van der Waals surface area contributed by atoms with Gasteiger partial charge in [-0.1, -0.05) is 13.8 Å². The molecule has 0 saturated heterocycles. The van der Waals surface area contributed by atoms with Crippen LogP contribution in [0.3, 0.4) is 0 Å². The van der Waals surface area contributed by atoms with E-state index in [-0.39, 0.29) is 0 Å². The highest BCUT2D eigenvalue weighted by molar-refractivity contribution is 5.83. The molecular weight excluding hydrogens is 328 g/mol. The molecule has 4 atom stereocenters. The number of aliphatic hydroxyl groups is 2. The number of carbonyl (C=O) groups excluding carboxylic acids is 2. The third kappa shape index (κ3) is 14.6. The molecule has 142 valence electrons. The first kappa shape index (κ1) is 26.6. The molecular formula is C12H26N4O8. The third-order valence-electron chi connectivity index (χ3n) is 2.42. The van der Waals surface area contributed by atoms with Gasteiger partial charge in [-0.05, 0) is 12.8 Å². The van der Waals surface area contributed by atoms with Crippen molar-refractivity contribution >= 4 is 23.8 Å². The van der Waals surface area contributed by atoms with E-state index in [0.29, 0.717) is 12.8 Å². The average molecular weight is 354 g/mol. The monoisotopic (exact) mass is 354 g/mol. The Hall–Kier alpha value is -2.28. The minimum atomic E-state index is -2.27. The normalized spacial score (nSPS) is 14.4. The molecule has 0 aromatic heterocycles. The first-order chi connectivity index (χ1) is 10.8. The molecule has 0 saturated carbocycles. The van der Waals surface area contributed by atoms with Crippen LogP contribution in [0.25, 0.3) is 0 Å². The maximum absolute atomic E-state index is 10.0. The Morgan fingerprint density at radius 3 is 1.00 bits per heavy atom. The van der Waals surface area contributed by atoms with Crippen LogP contribution in [-0.2, 0) is 19.2 Å². The van der Waals surface area contributed by atoms with Crippen LogP contribution in [0.5, 0.6) is 0 Å². The summed E-state index contributed by atoms with van der Waals surface area (Å²) in [4.78, 5) is 39.6. The van der Waals surface area contributed by atoms with Crippen molar-refractivity contribution in [1.82, 2.24) is 0 Å². The Labute approximate surface area is 138 Å². The van der Waals surface area contributed by atoms with Crippen LogP contribution in [0, 0.1) is 0 Å². The summed E-state index contributed by atoms with van der Waals surface area (Å²) < 4.78 is 0. The standard InChI is InChI=1S/2C4H10N2O.C4H6O6/c2*1-2-3(5)4(6)7;5-1(3(7)8)2(6)4(9)10/h2*3H,2,5H2,1H3,(H2,6,7);1-2,5-6H,(H,7,8)(H,9,10). The molecule has 0 heterocycles. The lowest BCUT2D eigenvalue weighted by atomic mass is 10.2. The van der Waals surface area contributed by atoms with Crippen LogP contribution in [0.2, 0.25) is 0 Å². The second-order valence-electron chi connectivity index (χ2n) is 4.40. The predicted octanol–water partition coefficient (Wildman–Crippen LogP) is -3.70. The molecule has 0 fully saturated rings. The molecule has 0 aliphatic carbocycles. The topological polar surface area (TPSA) is 253 Å². The molecule has 4 unspecified atom stereocenters. The van der Waals surface area contributed by atoms with Gasteiger partial charge in [-0.15, -0.1) is 0 Å². The Morgan fingerprint density at radius 1 is 0.750 bits per heavy atom. The van der Waals surface area contributed by atoms with E-state index in [1.165, 1.54) is 0 Å². The molecule has 24 heavy (non-hydrogen) atoms. The van der Waals surface area contributed by atoms with Crippen LogP contribution in [-0.4, -0.2) is 68.5 Å². The lowest BCUT2D eigenvalue weighted by Crippen LogP contribution is -2.39. The van der Waals surface area contributed by atoms with Gasteiger partial charge in [0.05, 0.1) is 12.1 Å². The van der Waals surface area contributed by atoms with Crippen LogP contribution in [0.15, 0.2) is 0 Å². The van der Waals surface area contributed by atoms with Crippen molar-refractivity contribution in [2.45, 2.75) is 51.0 Å². The van der Waals surface area contributed by atoms with Gasteiger partial charge in [0, 0.05) is 0 Å². The van der Waals surface area contributed by atoms with Crippen molar-refractivity contribution in [1.29, 1.82) is 0 Å². The van der Waals surface area contributed by atoms with Gasteiger partial charge in [-0.25, -0.2) is 9.59 Å². The number of primary amides is 2. The first-order valence-electron chi connectivity index (χ1n) is 6.74. The molecule has 12 nitrogen and oxygen atoms in total. The third-order valence-corrected chi connectivity index (χ3v) is 2.42. The molecule has 12 heteroatoms. The van der Waals surface area contributed by atoms with Gasteiger partial charge in [0.1, 0.15) is 0 Å². The van der Waals surface area contributed by atoms with Crippen LogP contribution < -0.4 is 22.9 Å². The van der Waals surface area contributed by atoms with Gasteiger partial charge < -0.3 is 43.4 Å². The molecule has 0 radical (unpaired) electrons. The molecule has 0 bridgehead atoms. The summed E-state index contributed by atoms with van der Waals surface area (Å²) in [6.45, 7) is 3.63. The number of nitrogens with two attached hydrogens (primary N) is 4. The van der Waals surface area contributed by atoms with Crippen molar-refractivity contribution in [3.05, 3.63) is 0 Å². The molecule has 12 N–H and O–H groups in total. The number of carboxylic acid groups (broad SMARTS) is 2. The number of rotatable bonds is 7. The van der Waals surface area contributed by atoms with E-state index < -0.39 is 48.0 Å². The quantitative estimate of drug-likeness (QED) is 0.222. The number of hydrogen-bond acceptors (Lipinski definition) is 8. The highest BCUT2D eigenvalue weighted by atomic mass is 16.4. The van der Waals surface area contributed by atoms with E-state index in [1.807, 2.05) is 13.8 Å². The van der Waals surface area contributed by atoms with Crippen LogP contribution in [0.4, 0.5) is 0 Å². The van der Waals surface area contributed by atoms with Crippen LogP contribution in [0.1, 0.15) is 26.7 Å². The Balaban J connectivity index is -0.000000283. The molecule has 0 aliphatic rings. The highest BCUT2D eigenvalue weighted by Crippen LogP contribution is 1.92. The Morgan fingerprint density at radius 2 is 0.958 bits per heavy atom. The van der Waals surface area contributed by atoms with E-state index in [4.69, 9.17) is 43.4 Å². The second kappa shape index (κ2) is 14.3. The minimum Gasteiger partial charge on any atom is -0.479 e. The van der Waals surface area contributed by atoms with Gasteiger partial charge in [0.2, 0.25) is 11.8 Å². The Bertz CT molecular complexity index is 380. The fourth-order valence-corrected chi connectivity index (χ4v) is 0.672. The van der Waals surface area contributed by atoms with Crippen molar-refractivity contribution < 1.29 is 39.6 Å². The number of amides is 2. The summed E-state index contributed by atoms with van der Waals surface area (Å²) in [5.41, 5.74) is 19.8. The average Bonchev–Trinajstić information content (AvgIpc) is 2.52. The summed E-state index contributed by atoms with van der Waals surface area (Å²) >= 11 is 0. The molecule has 0 spiro atoms. The number of aliphatic hydroxyl groups excluding tert-OH is 2. The van der Waals surface area contributed by atoms with Gasteiger partial charge in [0.15, 0.2) is 12.2 Å². The molecule has 0 aliphatic heterocycles. The maximum Gasteiger partial charge on any atom is 0.335 e. The van der Waals surface area contributed by atoms with E-state index >= 15 is 0 Å². The largest absolute Gasteiger partial charge is 0.479 e. The first-order valence-corrected chi connectivity index (χ1v) is 6.74. The van der Waals surface area contributed by atoms with Crippen molar-refractivity contribution in [2.24, 2.45) is 22.9 Å². The van der Waals surface area contributed by atoms with Crippen molar-refractivity contribution in [2.75, 3.05) is 0 Å². The lowest BCUT2D eigenvalue weighted by molar-refractivity contribution is -0.165. The molecule has 0 aromatic rings. The smallest absolute Gasteiger partial charge is 0.335 e. The van der Waals surface area contributed by atoms with Gasteiger partial charge >= 0.3 is 11.9 Å². The van der Waals surface area contributed by atoms with Crippen molar-refractivity contribution in [3.63, 3.8) is 0 Å². The fraction of sp³-hybridized carbons (Fsp3) is 0.667.